The smallest absolute Gasteiger partial charge is 0.324 e. The van der Waals surface area contributed by atoms with E-state index in [1.165, 1.54) is 6.07 Å². The average Bonchev–Trinajstić information content (AvgIpc) is 2.52. The van der Waals surface area contributed by atoms with Gasteiger partial charge in [0.1, 0.15) is 0 Å². The van der Waals surface area contributed by atoms with Gasteiger partial charge in [0, 0.05) is 24.1 Å². The maximum absolute atomic E-state index is 10.3. The lowest BCUT2D eigenvalue weighted by molar-refractivity contribution is -0.380. The largest absolute Gasteiger partial charge is 0.396 e. The van der Waals surface area contributed by atoms with Crippen LogP contribution in [0.2, 0.25) is 0 Å². The molecule has 0 aromatic carbocycles. The Kier molecular flexibility index (Phi) is 5.63. The third-order valence-electron chi connectivity index (χ3n) is 1.65. The Bertz CT molecular complexity index is 305. The number of thiophene rings is 1. The number of hydrogen-bond acceptors (Lipinski definition) is 5. The van der Waals surface area contributed by atoms with Crippen LogP contribution in [-0.4, -0.2) is 16.6 Å². The van der Waals surface area contributed by atoms with E-state index in [4.69, 9.17) is 10.8 Å². The molecule has 0 saturated heterocycles. The van der Waals surface area contributed by atoms with Crippen LogP contribution in [0.15, 0.2) is 11.4 Å². The molecule has 5 nitrogen and oxygen atoms in total. The van der Waals surface area contributed by atoms with Gasteiger partial charge >= 0.3 is 5.00 Å². The average molecular weight is 239 g/mol. The van der Waals surface area contributed by atoms with Gasteiger partial charge in [-0.2, -0.15) is 0 Å². The lowest BCUT2D eigenvalue weighted by Gasteiger charge is -2.05. The van der Waals surface area contributed by atoms with Crippen LogP contribution in [-0.2, 0) is 0 Å². The highest BCUT2D eigenvalue weighted by Crippen LogP contribution is 2.26. The van der Waals surface area contributed by atoms with Crippen molar-refractivity contribution in [2.24, 2.45) is 5.73 Å². The van der Waals surface area contributed by atoms with Crippen molar-refractivity contribution >= 4 is 28.7 Å². The molecule has 0 saturated carbocycles. The molecule has 1 aromatic heterocycles. The molecule has 0 unspecified atom stereocenters. The minimum Gasteiger partial charge on any atom is -0.396 e. The predicted octanol–water partition coefficient (Wildman–Crippen LogP) is 1.46. The van der Waals surface area contributed by atoms with Crippen LogP contribution in [0, 0.1) is 10.1 Å². The fourth-order valence-corrected chi connectivity index (χ4v) is 1.72. The van der Waals surface area contributed by atoms with Crippen LogP contribution in [0.5, 0.6) is 0 Å². The van der Waals surface area contributed by atoms with Gasteiger partial charge in [0.2, 0.25) is 0 Å². The Labute approximate surface area is 91.1 Å². The molecule has 3 N–H and O–H groups in total. The summed E-state index contributed by atoms with van der Waals surface area (Å²) in [4.78, 5) is 9.88. The van der Waals surface area contributed by atoms with Gasteiger partial charge in [0.05, 0.1) is 4.92 Å². The Morgan fingerprint density at radius 1 is 1.71 bits per heavy atom. The number of nitrogens with two attached hydrogens (primary N) is 1. The first kappa shape index (κ1) is 13.3. The van der Waals surface area contributed by atoms with Crippen molar-refractivity contribution in [3.05, 3.63) is 27.1 Å². The molecule has 1 heterocycles. The molecule has 1 atom stereocenters. The molecule has 0 radical (unpaired) electrons. The molecule has 1 aromatic rings. The maximum Gasteiger partial charge on any atom is 0.324 e. The summed E-state index contributed by atoms with van der Waals surface area (Å²) >= 11 is 1.05. The van der Waals surface area contributed by atoms with Crippen LogP contribution in [0.3, 0.4) is 0 Å². The molecule has 0 fully saturated rings. The van der Waals surface area contributed by atoms with E-state index in [-0.39, 0.29) is 30.1 Å². The first-order chi connectivity index (χ1) is 6.15. The summed E-state index contributed by atoms with van der Waals surface area (Å²) < 4.78 is 0. The second-order valence-corrected chi connectivity index (χ2v) is 3.48. The van der Waals surface area contributed by atoms with Crippen LogP contribution in [0.25, 0.3) is 0 Å². The van der Waals surface area contributed by atoms with Crippen molar-refractivity contribution in [2.75, 3.05) is 6.61 Å². The Hall–Kier alpha value is -0.690. The number of nitro groups is 1. The Morgan fingerprint density at radius 2 is 2.36 bits per heavy atom. The zero-order chi connectivity index (χ0) is 9.84. The highest BCUT2D eigenvalue weighted by atomic mass is 35.5. The number of rotatable bonds is 4. The normalized spacial score (nSPS) is 11.9. The number of aliphatic hydroxyl groups is 1. The molecule has 0 aliphatic heterocycles. The Balaban J connectivity index is 0.00000169. The summed E-state index contributed by atoms with van der Waals surface area (Å²) in [5.41, 5.74) is 6.36. The molecule has 0 aliphatic carbocycles. The lowest BCUT2D eigenvalue weighted by Crippen LogP contribution is -2.10. The van der Waals surface area contributed by atoms with E-state index >= 15 is 0 Å². The summed E-state index contributed by atoms with van der Waals surface area (Å²) in [6.45, 7) is -0.00912. The molecule has 14 heavy (non-hydrogen) atoms. The maximum atomic E-state index is 10.3. The van der Waals surface area contributed by atoms with E-state index in [2.05, 4.69) is 0 Å². The highest BCUT2D eigenvalue weighted by molar-refractivity contribution is 7.13. The fraction of sp³-hybridized carbons (Fsp3) is 0.429. The molecular formula is C7H11ClN2O3S. The summed E-state index contributed by atoms with van der Waals surface area (Å²) in [7, 11) is 0. The van der Waals surface area contributed by atoms with Crippen LogP contribution >= 0.6 is 23.7 Å². The van der Waals surface area contributed by atoms with E-state index in [9.17, 15) is 10.1 Å². The number of halogens is 1. The molecule has 1 rings (SSSR count). The first-order valence-electron chi connectivity index (χ1n) is 3.74. The summed E-state index contributed by atoms with van der Waals surface area (Å²) in [5, 5.41) is 20.7. The van der Waals surface area contributed by atoms with Gasteiger partial charge in [-0.15, -0.1) is 12.4 Å². The van der Waals surface area contributed by atoms with Gasteiger partial charge in [0.15, 0.2) is 0 Å². The second kappa shape index (κ2) is 5.92. The summed E-state index contributed by atoms with van der Waals surface area (Å²) in [5.74, 6) is 0. The standard InChI is InChI=1S/C7H10N2O3S.ClH/c8-6(1-2-10)5-3-7(9(11)12)13-4-5;/h3-4,6,10H,1-2,8H2;1H/t6-;/m1./s1. The van der Waals surface area contributed by atoms with E-state index in [0.717, 1.165) is 11.3 Å². The minimum atomic E-state index is -0.445. The molecule has 0 amide bonds. The molecule has 0 aliphatic rings. The minimum absolute atomic E-state index is 0. The van der Waals surface area contributed by atoms with Crippen molar-refractivity contribution < 1.29 is 10.0 Å². The van der Waals surface area contributed by atoms with Crippen molar-refractivity contribution in [1.29, 1.82) is 0 Å². The molecule has 0 spiro atoms. The number of nitrogens with zero attached hydrogens (tertiary/aromatic N) is 1. The van der Waals surface area contributed by atoms with E-state index in [1.54, 1.807) is 5.38 Å². The fourth-order valence-electron chi connectivity index (χ4n) is 0.935. The third-order valence-corrected chi connectivity index (χ3v) is 2.55. The van der Waals surface area contributed by atoms with Crippen molar-refractivity contribution in [1.82, 2.24) is 0 Å². The lowest BCUT2D eigenvalue weighted by atomic mass is 10.1. The Morgan fingerprint density at radius 3 is 2.79 bits per heavy atom. The van der Waals surface area contributed by atoms with E-state index in [1.807, 2.05) is 0 Å². The second-order valence-electron chi connectivity index (χ2n) is 2.59. The number of hydrogen-bond donors (Lipinski definition) is 2. The molecule has 7 heteroatoms. The molecular weight excluding hydrogens is 228 g/mol. The summed E-state index contributed by atoms with van der Waals surface area (Å²) in [6, 6.07) is 1.14. The highest BCUT2D eigenvalue weighted by Gasteiger charge is 2.13. The van der Waals surface area contributed by atoms with Gasteiger partial charge in [0.25, 0.3) is 0 Å². The van der Waals surface area contributed by atoms with Gasteiger partial charge in [-0.1, -0.05) is 11.3 Å². The van der Waals surface area contributed by atoms with Gasteiger partial charge < -0.3 is 10.8 Å². The van der Waals surface area contributed by atoms with Gasteiger partial charge in [-0.05, 0) is 12.0 Å². The quantitative estimate of drug-likeness (QED) is 0.614. The van der Waals surface area contributed by atoms with Crippen LogP contribution in [0.4, 0.5) is 5.00 Å². The van der Waals surface area contributed by atoms with Crippen molar-refractivity contribution in [3.63, 3.8) is 0 Å². The predicted molar refractivity (Wildman–Crippen MR) is 56.9 cm³/mol. The van der Waals surface area contributed by atoms with Crippen LogP contribution < -0.4 is 5.73 Å². The van der Waals surface area contributed by atoms with Crippen molar-refractivity contribution in [2.45, 2.75) is 12.5 Å². The van der Waals surface area contributed by atoms with E-state index < -0.39 is 4.92 Å². The van der Waals surface area contributed by atoms with Crippen LogP contribution in [0.1, 0.15) is 18.0 Å². The third kappa shape index (κ3) is 3.22. The summed E-state index contributed by atoms with van der Waals surface area (Å²) in [6.07, 6.45) is 0.424. The van der Waals surface area contributed by atoms with E-state index in [0.29, 0.717) is 12.0 Å². The first-order valence-corrected chi connectivity index (χ1v) is 4.62. The topological polar surface area (TPSA) is 89.4 Å². The zero-order valence-corrected chi connectivity index (χ0v) is 8.88. The SMILES string of the molecule is Cl.N[C@H](CCO)c1csc([N+](=O)[O-])c1. The molecule has 0 bridgehead atoms. The monoisotopic (exact) mass is 238 g/mol. The number of aliphatic hydroxyl groups excluding tert-OH is 1. The molecule has 80 valence electrons. The van der Waals surface area contributed by atoms with Gasteiger partial charge in [-0.25, -0.2) is 0 Å². The van der Waals surface area contributed by atoms with Crippen molar-refractivity contribution in [3.8, 4) is 0 Å². The zero-order valence-electron chi connectivity index (χ0n) is 7.25. The van der Waals surface area contributed by atoms with Gasteiger partial charge in [-0.3, -0.25) is 10.1 Å².